The van der Waals surface area contributed by atoms with Crippen molar-refractivity contribution in [2.24, 2.45) is 0 Å². The van der Waals surface area contributed by atoms with E-state index in [1.807, 2.05) is 12.1 Å². The third-order valence-corrected chi connectivity index (χ3v) is 2.90. The average molecular weight is 267 g/mol. The van der Waals surface area contributed by atoms with Crippen LogP contribution in [0.1, 0.15) is 18.4 Å². The van der Waals surface area contributed by atoms with Crippen LogP contribution >= 0.6 is 11.6 Å². The maximum atomic E-state index is 11.6. The summed E-state index contributed by atoms with van der Waals surface area (Å²) < 4.78 is 5.05. The van der Waals surface area contributed by atoms with Crippen molar-refractivity contribution in [1.29, 1.82) is 5.26 Å². The molecule has 5 heteroatoms. The number of methoxy groups -OCH3 is 1. The van der Waals surface area contributed by atoms with E-state index in [9.17, 15) is 4.79 Å². The van der Waals surface area contributed by atoms with E-state index in [-0.39, 0.29) is 18.7 Å². The van der Waals surface area contributed by atoms with Crippen LogP contribution in [0.15, 0.2) is 18.2 Å². The molecule has 1 aromatic rings. The van der Waals surface area contributed by atoms with Crippen molar-refractivity contribution in [3.05, 3.63) is 28.8 Å². The molecular weight excluding hydrogens is 252 g/mol. The number of benzene rings is 1. The summed E-state index contributed by atoms with van der Waals surface area (Å²) >= 11 is 6.09. The van der Waals surface area contributed by atoms with Crippen molar-refractivity contribution in [3.8, 4) is 11.8 Å². The molecule has 0 aliphatic carbocycles. The summed E-state index contributed by atoms with van der Waals surface area (Å²) in [6.07, 6.45) is 0.473. The summed E-state index contributed by atoms with van der Waals surface area (Å²) in [5.41, 5.74) is 0.852. The van der Waals surface area contributed by atoms with E-state index in [1.165, 1.54) is 0 Å². The van der Waals surface area contributed by atoms with E-state index in [0.29, 0.717) is 17.3 Å². The van der Waals surface area contributed by atoms with Crippen molar-refractivity contribution in [1.82, 2.24) is 4.90 Å². The lowest BCUT2D eigenvalue weighted by molar-refractivity contribution is -0.130. The summed E-state index contributed by atoms with van der Waals surface area (Å²) in [4.78, 5) is 13.2. The normalized spacial score (nSPS) is 9.67. The Morgan fingerprint density at radius 2 is 2.28 bits per heavy atom. The zero-order chi connectivity index (χ0) is 13.5. The van der Waals surface area contributed by atoms with E-state index in [2.05, 4.69) is 0 Å². The van der Waals surface area contributed by atoms with Crippen LogP contribution in [0.4, 0.5) is 0 Å². The molecule has 0 spiro atoms. The highest BCUT2D eigenvalue weighted by molar-refractivity contribution is 6.31. The molecule has 4 nitrogen and oxygen atoms in total. The third kappa shape index (κ3) is 3.94. The van der Waals surface area contributed by atoms with Gasteiger partial charge in [-0.15, -0.1) is 0 Å². The van der Waals surface area contributed by atoms with E-state index in [1.54, 1.807) is 31.2 Å². The number of nitrogens with zero attached hydrogens (tertiary/aromatic N) is 2. The summed E-state index contributed by atoms with van der Waals surface area (Å²) in [6, 6.07) is 7.30. The van der Waals surface area contributed by atoms with Gasteiger partial charge in [-0.05, 0) is 17.7 Å². The molecule has 0 bridgehead atoms. The highest BCUT2D eigenvalue weighted by atomic mass is 35.5. The Balaban J connectivity index is 2.67. The van der Waals surface area contributed by atoms with Crippen molar-refractivity contribution >= 4 is 17.5 Å². The fourth-order valence-electron chi connectivity index (χ4n) is 1.48. The highest BCUT2D eigenvalue weighted by Crippen LogP contribution is 2.23. The van der Waals surface area contributed by atoms with Gasteiger partial charge in [0, 0.05) is 31.5 Å². The van der Waals surface area contributed by atoms with Gasteiger partial charge in [-0.2, -0.15) is 5.26 Å². The number of carbonyl (C=O) groups is 1. The monoisotopic (exact) mass is 266 g/mol. The number of rotatable bonds is 5. The smallest absolute Gasteiger partial charge is 0.223 e. The maximum Gasteiger partial charge on any atom is 0.223 e. The minimum absolute atomic E-state index is 0.0663. The predicted octanol–water partition coefficient (Wildman–Crippen LogP) is 2.61. The van der Waals surface area contributed by atoms with Gasteiger partial charge in [0.2, 0.25) is 5.91 Å². The standard InChI is InChI=1S/C13H15ClN2O2/c1-16(13(17)4-3-7-15)9-10-5-6-11(18-2)8-12(10)14/h5-6,8H,3-4,9H2,1-2H3. The zero-order valence-corrected chi connectivity index (χ0v) is 11.2. The number of halogens is 1. The minimum Gasteiger partial charge on any atom is -0.497 e. The highest BCUT2D eigenvalue weighted by Gasteiger charge is 2.11. The van der Waals surface area contributed by atoms with Crippen LogP contribution in [0, 0.1) is 11.3 Å². The Morgan fingerprint density at radius 1 is 1.56 bits per heavy atom. The van der Waals surface area contributed by atoms with Gasteiger partial charge < -0.3 is 9.64 Å². The first-order chi connectivity index (χ1) is 8.58. The predicted molar refractivity (Wildman–Crippen MR) is 69.3 cm³/mol. The second-order valence-electron chi connectivity index (χ2n) is 3.87. The van der Waals surface area contributed by atoms with Gasteiger partial charge in [-0.1, -0.05) is 17.7 Å². The fourth-order valence-corrected chi connectivity index (χ4v) is 1.71. The molecule has 0 unspecified atom stereocenters. The van der Waals surface area contributed by atoms with Crippen molar-refractivity contribution < 1.29 is 9.53 Å². The third-order valence-electron chi connectivity index (χ3n) is 2.54. The topological polar surface area (TPSA) is 53.3 Å². The average Bonchev–Trinajstić information content (AvgIpc) is 2.38. The molecule has 0 fully saturated rings. The molecular formula is C13H15ClN2O2. The van der Waals surface area contributed by atoms with Crippen LogP contribution in [0.5, 0.6) is 5.75 Å². The van der Waals surface area contributed by atoms with Crippen molar-refractivity contribution in [3.63, 3.8) is 0 Å². The lowest BCUT2D eigenvalue weighted by Gasteiger charge is -2.17. The lowest BCUT2D eigenvalue weighted by Crippen LogP contribution is -2.25. The Hall–Kier alpha value is -1.73. The van der Waals surface area contributed by atoms with Crippen LogP contribution < -0.4 is 4.74 Å². The van der Waals surface area contributed by atoms with E-state index in [4.69, 9.17) is 21.6 Å². The first kappa shape index (κ1) is 14.3. The van der Waals surface area contributed by atoms with Gasteiger partial charge in [-0.3, -0.25) is 4.79 Å². The van der Waals surface area contributed by atoms with E-state index >= 15 is 0 Å². The van der Waals surface area contributed by atoms with Crippen LogP contribution in [0.3, 0.4) is 0 Å². The molecule has 0 aromatic heterocycles. The summed E-state index contributed by atoms with van der Waals surface area (Å²) in [5, 5.41) is 9.00. The van der Waals surface area contributed by atoms with Gasteiger partial charge in [0.15, 0.2) is 0 Å². The number of hydrogen-bond donors (Lipinski definition) is 0. The van der Waals surface area contributed by atoms with Gasteiger partial charge in [0.05, 0.1) is 13.2 Å². The van der Waals surface area contributed by atoms with Crippen LogP contribution in [-0.2, 0) is 11.3 Å². The van der Waals surface area contributed by atoms with Crippen LogP contribution in [0.25, 0.3) is 0 Å². The number of hydrogen-bond acceptors (Lipinski definition) is 3. The van der Waals surface area contributed by atoms with E-state index in [0.717, 1.165) is 5.56 Å². The molecule has 0 saturated carbocycles. The van der Waals surface area contributed by atoms with Crippen LogP contribution in [0.2, 0.25) is 5.02 Å². The van der Waals surface area contributed by atoms with Crippen molar-refractivity contribution in [2.45, 2.75) is 19.4 Å². The van der Waals surface area contributed by atoms with Gasteiger partial charge >= 0.3 is 0 Å². The number of carbonyl (C=O) groups excluding carboxylic acids is 1. The molecule has 1 aromatic carbocycles. The summed E-state index contributed by atoms with van der Waals surface area (Å²) in [6.45, 7) is 0.424. The molecule has 0 aliphatic rings. The molecule has 0 radical (unpaired) electrons. The zero-order valence-electron chi connectivity index (χ0n) is 10.4. The first-order valence-electron chi connectivity index (χ1n) is 5.51. The van der Waals surface area contributed by atoms with Gasteiger partial charge in [0.25, 0.3) is 0 Å². The summed E-state index contributed by atoms with van der Waals surface area (Å²) in [7, 11) is 3.27. The second-order valence-corrected chi connectivity index (χ2v) is 4.27. The number of nitriles is 1. The number of ether oxygens (including phenoxy) is 1. The van der Waals surface area contributed by atoms with Crippen molar-refractivity contribution in [2.75, 3.05) is 14.2 Å². The Morgan fingerprint density at radius 3 is 2.83 bits per heavy atom. The largest absolute Gasteiger partial charge is 0.497 e. The van der Waals surface area contributed by atoms with Gasteiger partial charge in [-0.25, -0.2) is 0 Å². The van der Waals surface area contributed by atoms with E-state index < -0.39 is 0 Å². The summed E-state index contributed by atoms with van der Waals surface area (Å²) in [5.74, 6) is 0.616. The molecule has 18 heavy (non-hydrogen) atoms. The van der Waals surface area contributed by atoms with Gasteiger partial charge in [0.1, 0.15) is 5.75 Å². The molecule has 0 heterocycles. The SMILES string of the molecule is COc1ccc(CN(C)C(=O)CCC#N)c(Cl)c1. The molecule has 96 valence electrons. The maximum absolute atomic E-state index is 11.6. The Labute approximate surface area is 112 Å². The Kier molecular flexibility index (Phi) is 5.47. The second kappa shape index (κ2) is 6.87. The molecule has 0 atom stereocenters. The van der Waals surface area contributed by atoms with Crippen LogP contribution in [-0.4, -0.2) is 25.0 Å². The Bertz CT molecular complexity index is 469. The first-order valence-corrected chi connectivity index (χ1v) is 5.89. The molecule has 1 amide bonds. The fraction of sp³-hybridized carbons (Fsp3) is 0.385. The lowest BCUT2D eigenvalue weighted by atomic mass is 10.2. The molecule has 0 aliphatic heterocycles. The molecule has 1 rings (SSSR count). The molecule has 0 saturated heterocycles. The number of amides is 1. The molecule has 0 N–H and O–H groups in total. The quantitative estimate of drug-likeness (QED) is 0.823. The minimum atomic E-state index is -0.0663.